The Bertz CT molecular complexity index is 945. The number of aliphatic hydroxyl groups excluding tert-OH is 3. The summed E-state index contributed by atoms with van der Waals surface area (Å²) in [5.74, 6) is 0.589. The van der Waals surface area contributed by atoms with E-state index in [0.717, 1.165) is 49.0 Å². The lowest BCUT2D eigenvalue weighted by Gasteiger charge is -2.35. The van der Waals surface area contributed by atoms with E-state index in [9.17, 15) is 20.1 Å². The Hall–Kier alpha value is -2.46. The Balaban J connectivity index is 1.63. The lowest BCUT2D eigenvalue weighted by atomic mass is 9.98. The minimum absolute atomic E-state index is 0.110. The smallest absolute Gasteiger partial charge is 0.238 e. The standard InChI is InChI=1S/C27H41N3O6/c1-4-5-13-28-23(33)8-6-7-18-9-11-19(12-10-18)14-21-24(17(2)3)29-30-26(21)36-27-25(34)22(32)15-20(16-31)35-27/h9-12,17,20,22,25,27,31-32,34H,4-8,13-16H2,1-3H3,(H,28,33)(H,29,30). The molecule has 3 rings (SSSR count). The molecule has 9 nitrogen and oxygen atoms in total. The Labute approximate surface area is 213 Å². The van der Waals surface area contributed by atoms with Crippen molar-refractivity contribution in [1.82, 2.24) is 15.5 Å². The van der Waals surface area contributed by atoms with Crippen LogP contribution in [0.1, 0.15) is 81.2 Å². The maximum Gasteiger partial charge on any atom is 0.238 e. The zero-order chi connectivity index (χ0) is 26.1. The van der Waals surface area contributed by atoms with E-state index in [4.69, 9.17) is 9.47 Å². The Morgan fingerprint density at radius 2 is 1.94 bits per heavy atom. The summed E-state index contributed by atoms with van der Waals surface area (Å²) in [6.07, 6.45) is 0.908. The molecule has 36 heavy (non-hydrogen) atoms. The van der Waals surface area contributed by atoms with Gasteiger partial charge in [0.05, 0.1) is 18.8 Å². The van der Waals surface area contributed by atoms with E-state index in [1.54, 1.807) is 0 Å². The van der Waals surface area contributed by atoms with Gasteiger partial charge in [-0.05, 0) is 36.3 Å². The first-order valence-electron chi connectivity index (χ1n) is 13.0. The van der Waals surface area contributed by atoms with E-state index in [1.165, 1.54) is 5.56 Å². The number of benzene rings is 1. The molecule has 0 bridgehead atoms. The SMILES string of the molecule is CCCCNC(=O)CCCc1ccc(Cc2c(OC3OC(CO)CC(O)C3O)n[nH]c2C(C)C)cc1. The number of nitrogens with one attached hydrogen (secondary N) is 2. The summed E-state index contributed by atoms with van der Waals surface area (Å²) in [7, 11) is 0. The molecule has 1 aliphatic heterocycles. The molecule has 5 N–H and O–H groups in total. The molecule has 1 aromatic carbocycles. The summed E-state index contributed by atoms with van der Waals surface area (Å²) in [5, 5.41) is 40.2. The Morgan fingerprint density at radius 3 is 2.61 bits per heavy atom. The Morgan fingerprint density at radius 1 is 1.22 bits per heavy atom. The van der Waals surface area contributed by atoms with Crippen molar-refractivity contribution in [3.8, 4) is 5.88 Å². The van der Waals surface area contributed by atoms with Crippen LogP contribution in [-0.2, 0) is 22.4 Å². The number of aromatic nitrogens is 2. The third-order valence-electron chi connectivity index (χ3n) is 6.50. The number of nitrogens with zero attached hydrogens (tertiary/aromatic N) is 1. The molecular weight excluding hydrogens is 462 g/mol. The Kier molecular flexibility index (Phi) is 10.7. The predicted molar refractivity (Wildman–Crippen MR) is 136 cm³/mol. The van der Waals surface area contributed by atoms with Crippen LogP contribution >= 0.6 is 0 Å². The summed E-state index contributed by atoms with van der Waals surface area (Å²) < 4.78 is 11.5. The highest BCUT2D eigenvalue weighted by atomic mass is 16.7. The molecule has 9 heteroatoms. The third kappa shape index (κ3) is 7.77. The molecule has 2 aromatic rings. The topological polar surface area (TPSA) is 137 Å². The summed E-state index contributed by atoms with van der Waals surface area (Å²) in [5.41, 5.74) is 4.03. The first-order chi connectivity index (χ1) is 17.3. The second-order valence-corrected chi connectivity index (χ2v) is 9.85. The van der Waals surface area contributed by atoms with Crippen LogP contribution in [0.5, 0.6) is 5.88 Å². The second kappa shape index (κ2) is 13.7. The number of rotatable bonds is 13. The molecule has 4 unspecified atom stereocenters. The van der Waals surface area contributed by atoms with Crippen LogP contribution in [0, 0.1) is 0 Å². The molecule has 0 spiro atoms. The number of aryl methyl sites for hydroxylation is 1. The van der Waals surface area contributed by atoms with Crippen LogP contribution in [0.4, 0.5) is 0 Å². The van der Waals surface area contributed by atoms with Gasteiger partial charge < -0.3 is 30.1 Å². The van der Waals surface area contributed by atoms with Crippen molar-refractivity contribution in [1.29, 1.82) is 0 Å². The van der Waals surface area contributed by atoms with Crippen LogP contribution in [0.3, 0.4) is 0 Å². The lowest BCUT2D eigenvalue weighted by Crippen LogP contribution is -2.51. The largest absolute Gasteiger partial charge is 0.443 e. The first kappa shape index (κ1) is 28.1. The van der Waals surface area contributed by atoms with Gasteiger partial charge in [-0.15, -0.1) is 5.10 Å². The van der Waals surface area contributed by atoms with Gasteiger partial charge in [0.25, 0.3) is 0 Å². The molecule has 0 aliphatic carbocycles. The van der Waals surface area contributed by atoms with Gasteiger partial charge in [-0.1, -0.05) is 51.5 Å². The highest BCUT2D eigenvalue weighted by Crippen LogP contribution is 2.31. The fourth-order valence-electron chi connectivity index (χ4n) is 4.32. The third-order valence-corrected chi connectivity index (χ3v) is 6.50. The molecule has 0 saturated carbocycles. The fourth-order valence-corrected chi connectivity index (χ4v) is 4.32. The minimum atomic E-state index is -1.24. The molecule has 1 saturated heterocycles. The summed E-state index contributed by atoms with van der Waals surface area (Å²) in [6.45, 7) is 6.69. The van der Waals surface area contributed by atoms with Crippen molar-refractivity contribution in [2.75, 3.05) is 13.2 Å². The number of aromatic amines is 1. The van der Waals surface area contributed by atoms with Gasteiger partial charge in [0.1, 0.15) is 6.10 Å². The maximum absolute atomic E-state index is 11.9. The fraction of sp³-hybridized carbons (Fsp3) is 0.630. The van der Waals surface area contributed by atoms with Crippen molar-refractivity contribution < 1.29 is 29.6 Å². The van der Waals surface area contributed by atoms with Crippen molar-refractivity contribution in [3.05, 3.63) is 46.6 Å². The van der Waals surface area contributed by atoms with Crippen LogP contribution in [-0.4, -0.2) is 69.2 Å². The quantitative estimate of drug-likeness (QED) is 0.265. The van der Waals surface area contributed by atoms with E-state index in [1.807, 2.05) is 0 Å². The minimum Gasteiger partial charge on any atom is -0.443 e. The predicted octanol–water partition coefficient (Wildman–Crippen LogP) is 2.57. The first-order valence-corrected chi connectivity index (χ1v) is 13.0. The van der Waals surface area contributed by atoms with Gasteiger partial charge >= 0.3 is 0 Å². The number of aliphatic hydroxyl groups is 3. The molecule has 200 valence electrons. The molecular formula is C27H41N3O6. The van der Waals surface area contributed by atoms with E-state index in [0.29, 0.717) is 18.7 Å². The molecule has 4 atom stereocenters. The van der Waals surface area contributed by atoms with E-state index in [2.05, 4.69) is 60.6 Å². The van der Waals surface area contributed by atoms with Crippen molar-refractivity contribution in [2.45, 2.75) is 96.2 Å². The second-order valence-electron chi connectivity index (χ2n) is 9.85. The van der Waals surface area contributed by atoms with Crippen molar-refractivity contribution in [2.24, 2.45) is 0 Å². The number of hydrogen-bond acceptors (Lipinski definition) is 7. The number of carbonyl (C=O) groups is 1. The number of amides is 1. The van der Waals surface area contributed by atoms with Crippen LogP contribution in [0.15, 0.2) is 24.3 Å². The zero-order valence-corrected chi connectivity index (χ0v) is 21.6. The van der Waals surface area contributed by atoms with E-state index < -0.39 is 24.6 Å². The molecule has 2 heterocycles. The van der Waals surface area contributed by atoms with Gasteiger partial charge in [-0.3, -0.25) is 9.89 Å². The van der Waals surface area contributed by atoms with Gasteiger partial charge in [0.15, 0.2) is 0 Å². The number of carbonyl (C=O) groups excluding carboxylic acids is 1. The zero-order valence-electron chi connectivity index (χ0n) is 21.6. The summed E-state index contributed by atoms with van der Waals surface area (Å²) >= 11 is 0. The average molecular weight is 504 g/mol. The lowest BCUT2D eigenvalue weighted by molar-refractivity contribution is -0.241. The molecule has 1 aliphatic rings. The normalized spacial score (nSPS) is 22.1. The van der Waals surface area contributed by atoms with E-state index in [-0.39, 0.29) is 24.9 Å². The number of hydrogen-bond donors (Lipinski definition) is 5. The molecule has 1 amide bonds. The summed E-state index contributed by atoms with van der Waals surface area (Å²) in [4.78, 5) is 11.9. The monoisotopic (exact) mass is 503 g/mol. The average Bonchev–Trinajstić information content (AvgIpc) is 3.25. The number of ether oxygens (including phenoxy) is 2. The van der Waals surface area contributed by atoms with Crippen molar-refractivity contribution >= 4 is 5.91 Å². The maximum atomic E-state index is 11.9. The number of H-pyrrole nitrogens is 1. The van der Waals surface area contributed by atoms with Crippen LogP contribution in [0.25, 0.3) is 0 Å². The summed E-state index contributed by atoms with van der Waals surface area (Å²) in [6, 6.07) is 8.29. The highest BCUT2D eigenvalue weighted by Gasteiger charge is 2.39. The van der Waals surface area contributed by atoms with Crippen LogP contribution < -0.4 is 10.1 Å². The molecule has 1 aromatic heterocycles. The highest BCUT2D eigenvalue weighted by molar-refractivity contribution is 5.75. The van der Waals surface area contributed by atoms with Crippen LogP contribution in [0.2, 0.25) is 0 Å². The van der Waals surface area contributed by atoms with Crippen molar-refractivity contribution in [3.63, 3.8) is 0 Å². The number of unbranched alkanes of at least 4 members (excludes halogenated alkanes) is 1. The van der Waals surface area contributed by atoms with Gasteiger partial charge in [-0.2, -0.15) is 0 Å². The molecule has 1 fully saturated rings. The molecule has 0 radical (unpaired) electrons. The van der Waals surface area contributed by atoms with Gasteiger partial charge in [0, 0.05) is 37.1 Å². The van der Waals surface area contributed by atoms with E-state index >= 15 is 0 Å². The van der Waals surface area contributed by atoms with Gasteiger partial charge in [-0.25, -0.2) is 0 Å². The van der Waals surface area contributed by atoms with Gasteiger partial charge in [0.2, 0.25) is 18.1 Å².